The highest BCUT2D eigenvalue weighted by atomic mass is 32.1. The van der Waals surface area contributed by atoms with Gasteiger partial charge in [-0.1, -0.05) is 29.5 Å². The van der Waals surface area contributed by atoms with Crippen molar-refractivity contribution < 1.29 is 5.11 Å². The lowest BCUT2D eigenvalue weighted by Gasteiger charge is -2.44. The zero-order valence-corrected chi connectivity index (χ0v) is 16.1. The fourth-order valence-electron chi connectivity index (χ4n) is 4.38. The van der Waals surface area contributed by atoms with Gasteiger partial charge < -0.3 is 10.0 Å². The van der Waals surface area contributed by atoms with E-state index in [9.17, 15) is 0 Å². The molecule has 3 aliphatic rings. The normalized spacial score (nSPS) is 24.4. The molecule has 3 aliphatic heterocycles. The van der Waals surface area contributed by atoms with Gasteiger partial charge in [0, 0.05) is 18.0 Å². The van der Waals surface area contributed by atoms with Gasteiger partial charge in [-0.3, -0.25) is 0 Å². The van der Waals surface area contributed by atoms with Crippen LogP contribution in [0.3, 0.4) is 0 Å². The van der Waals surface area contributed by atoms with Crippen LogP contribution < -0.4 is 0 Å². The molecule has 5 heterocycles. The molecule has 0 amide bonds. The molecule has 6 rings (SSSR count). The molecule has 0 spiro atoms. The number of piperidine rings is 3. The molecule has 3 fully saturated rings. The van der Waals surface area contributed by atoms with E-state index in [0.29, 0.717) is 12.5 Å². The van der Waals surface area contributed by atoms with E-state index in [0.717, 1.165) is 23.0 Å². The topological polar surface area (TPSA) is 54.2 Å². The molecule has 0 aliphatic carbocycles. The molecule has 2 bridgehead atoms. The first-order valence-corrected chi connectivity index (χ1v) is 10.6. The van der Waals surface area contributed by atoms with E-state index < -0.39 is 0 Å². The summed E-state index contributed by atoms with van der Waals surface area (Å²) in [6.07, 6.45) is 5.41. The molecule has 3 aromatic rings. The largest absolute Gasteiger partial charge is 0.396 e. The molecule has 1 N–H and O–H groups in total. The van der Waals surface area contributed by atoms with Gasteiger partial charge in [0.1, 0.15) is 5.69 Å². The molecule has 0 radical (unpaired) electrons. The van der Waals surface area contributed by atoms with Crippen molar-refractivity contribution in [3.8, 4) is 21.0 Å². The Kier molecular flexibility index (Phi) is 4.55. The molecule has 140 valence electrons. The van der Waals surface area contributed by atoms with Gasteiger partial charge in [0.05, 0.1) is 17.1 Å². The Bertz CT molecular complexity index is 908. The maximum Gasteiger partial charge on any atom is 0.123 e. The molecule has 5 nitrogen and oxygen atoms in total. The molecule has 2 aromatic heterocycles. The van der Waals surface area contributed by atoms with Crippen LogP contribution in [0.4, 0.5) is 0 Å². The molecular formula is C21H24N4OS. The van der Waals surface area contributed by atoms with E-state index >= 15 is 0 Å². The van der Waals surface area contributed by atoms with Gasteiger partial charge in [-0.05, 0) is 61.5 Å². The Hall–Kier alpha value is -2.02. The predicted octanol–water partition coefficient (Wildman–Crippen LogP) is 3.48. The molecule has 1 atom stereocenters. The van der Waals surface area contributed by atoms with E-state index in [1.54, 1.807) is 11.3 Å². The quantitative estimate of drug-likeness (QED) is 0.736. The number of aliphatic hydroxyl groups is 1. The number of thiophene rings is 1. The van der Waals surface area contributed by atoms with Gasteiger partial charge in [-0.2, -0.15) is 0 Å². The van der Waals surface area contributed by atoms with Gasteiger partial charge in [-0.25, -0.2) is 4.68 Å². The number of hydrogen-bond donors (Lipinski definition) is 1. The van der Waals surface area contributed by atoms with Crippen molar-refractivity contribution in [2.45, 2.75) is 25.3 Å². The predicted molar refractivity (Wildman–Crippen MR) is 108 cm³/mol. The minimum absolute atomic E-state index is 0.192. The van der Waals surface area contributed by atoms with Crippen molar-refractivity contribution in [3.05, 3.63) is 48.2 Å². The molecule has 0 saturated carbocycles. The second-order valence-electron chi connectivity index (χ2n) is 7.62. The SMILES string of the molecule is OCCc1ccc(-c2ccc(-c3cn([C@H]4CN5CCC4CC5)nn3)s2)cc1. The molecular weight excluding hydrogens is 356 g/mol. The average molecular weight is 381 g/mol. The van der Waals surface area contributed by atoms with Crippen LogP contribution in [-0.2, 0) is 6.42 Å². The highest BCUT2D eigenvalue weighted by Crippen LogP contribution is 2.37. The number of aromatic nitrogens is 3. The van der Waals surface area contributed by atoms with Crippen LogP contribution in [0.25, 0.3) is 21.0 Å². The Morgan fingerprint density at radius 3 is 2.52 bits per heavy atom. The first kappa shape index (κ1) is 17.1. The minimum atomic E-state index is 0.192. The fraction of sp³-hybridized carbons (Fsp3) is 0.429. The first-order valence-electron chi connectivity index (χ1n) is 9.75. The van der Waals surface area contributed by atoms with Crippen molar-refractivity contribution in [3.63, 3.8) is 0 Å². The molecule has 0 unspecified atom stereocenters. The number of nitrogens with zero attached hydrogens (tertiary/aromatic N) is 4. The standard InChI is InChI=1S/C21H24N4OS/c26-12-9-15-1-3-17(4-2-15)20-5-6-21(27-20)18-13-25(23-22-18)19-14-24-10-7-16(19)8-11-24/h1-6,13,16,19,26H,7-12,14H2/t19-/m0/s1. The van der Waals surface area contributed by atoms with Gasteiger partial charge in [0.15, 0.2) is 0 Å². The Balaban J connectivity index is 1.35. The lowest BCUT2D eigenvalue weighted by Crippen LogP contribution is -2.48. The third kappa shape index (κ3) is 3.33. The van der Waals surface area contributed by atoms with E-state index in [4.69, 9.17) is 5.11 Å². The Labute approximate surface area is 163 Å². The highest BCUT2D eigenvalue weighted by Gasteiger charge is 2.35. The van der Waals surface area contributed by atoms with Crippen molar-refractivity contribution in [1.82, 2.24) is 19.9 Å². The summed E-state index contributed by atoms with van der Waals surface area (Å²) in [6, 6.07) is 13.2. The average Bonchev–Trinajstić information content (AvgIpc) is 3.39. The number of aliphatic hydroxyl groups excluding tert-OH is 1. The van der Waals surface area contributed by atoms with Crippen molar-refractivity contribution in [1.29, 1.82) is 0 Å². The maximum absolute atomic E-state index is 9.05. The number of fused-ring (bicyclic) bond motifs is 3. The van der Waals surface area contributed by atoms with Crippen molar-refractivity contribution >= 4 is 11.3 Å². The molecule has 27 heavy (non-hydrogen) atoms. The first-order chi connectivity index (χ1) is 13.3. The maximum atomic E-state index is 9.05. The summed E-state index contributed by atoms with van der Waals surface area (Å²) in [7, 11) is 0. The van der Waals surface area contributed by atoms with Gasteiger partial charge >= 0.3 is 0 Å². The monoisotopic (exact) mass is 380 g/mol. The summed E-state index contributed by atoms with van der Waals surface area (Å²) in [6.45, 7) is 3.79. The van der Waals surface area contributed by atoms with Gasteiger partial charge in [0.25, 0.3) is 0 Å². The zero-order chi connectivity index (χ0) is 18.2. The fourth-order valence-corrected chi connectivity index (χ4v) is 5.34. The Morgan fingerprint density at radius 1 is 1.04 bits per heavy atom. The van der Waals surface area contributed by atoms with Crippen LogP contribution >= 0.6 is 11.3 Å². The summed E-state index contributed by atoms with van der Waals surface area (Å²) >= 11 is 1.76. The summed E-state index contributed by atoms with van der Waals surface area (Å²) in [5.74, 6) is 0.751. The smallest absolute Gasteiger partial charge is 0.123 e. The summed E-state index contributed by atoms with van der Waals surface area (Å²) in [5.41, 5.74) is 3.34. The van der Waals surface area contributed by atoms with Crippen LogP contribution in [-0.4, -0.2) is 51.2 Å². The van der Waals surface area contributed by atoms with E-state index in [1.807, 2.05) is 0 Å². The molecule has 3 saturated heterocycles. The van der Waals surface area contributed by atoms with Crippen LogP contribution in [0.15, 0.2) is 42.6 Å². The minimum Gasteiger partial charge on any atom is -0.396 e. The highest BCUT2D eigenvalue weighted by molar-refractivity contribution is 7.18. The van der Waals surface area contributed by atoms with E-state index in [2.05, 4.69) is 62.5 Å². The number of benzene rings is 1. The van der Waals surface area contributed by atoms with Crippen molar-refractivity contribution in [2.75, 3.05) is 26.2 Å². The third-order valence-electron chi connectivity index (χ3n) is 5.97. The van der Waals surface area contributed by atoms with E-state index in [1.165, 1.54) is 41.9 Å². The van der Waals surface area contributed by atoms with Crippen LogP contribution in [0.2, 0.25) is 0 Å². The molecule has 6 heteroatoms. The lowest BCUT2D eigenvalue weighted by atomic mass is 9.84. The van der Waals surface area contributed by atoms with Crippen molar-refractivity contribution in [2.24, 2.45) is 5.92 Å². The van der Waals surface area contributed by atoms with Crippen LogP contribution in [0, 0.1) is 5.92 Å². The van der Waals surface area contributed by atoms with E-state index in [-0.39, 0.29) is 6.61 Å². The number of hydrogen-bond acceptors (Lipinski definition) is 5. The Morgan fingerprint density at radius 2 is 1.81 bits per heavy atom. The summed E-state index contributed by atoms with van der Waals surface area (Å²) in [5, 5.41) is 18.0. The van der Waals surface area contributed by atoms with Crippen LogP contribution in [0.1, 0.15) is 24.4 Å². The summed E-state index contributed by atoms with van der Waals surface area (Å²) in [4.78, 5) is 4.95. The summed E-state index contributed by atoms with van der Waals surface area (Å²) < 4.78 is 2.11. The van der Waals surface area contributed by atoms with Crippen LogP contribution in [0.5, 0.6) is 0 Å². The second-order valence-corrected chi connectivity index (χ2v) is 8.71. The molecule has 1 aromatic carbocycles. The van der Waals surface area contributed by atoms with Gasteiger partial charge in [0.2, 0.25) is 0 Å². The van der Waals surface area contributed by atoms with Gasteiger partial charge in [-0.15, -0.1) is 16.4 Å². The lowest BCUT2D eigenvalue weighted by molar-refractivity contribution is 0.0504. The zero-order valence-electron chi connectivity index (χ0n) is 15.3. The second kappa shape index (κ2) is 7.19. The number of rotatable bonds is 5. The third-order valence-corrected chi connectivity index (χ3v) is 7.13.